The number of imidazole rings is 1. The molecule has 0 amide bonds. The number of hydrogen-bond acceptors (Lipinski definition) is 2. The lowest BCUT2D eigenvalue weighted by Gasteiger charge is -2.05. The molecule has 1 aromatic heterocycles. The Morgan fingerprint density at radius 3 is 2.64 bits per heavy atom. The maximum Gasteiger partial charge on any atom is 0.0995 e. The van der Waals surface area contributed by atoms with E-state index in [0.29, 0.717) is 0 Å². The smallest absolute Gasteiger partial charge is 0.0995 e. The van der Waals surface area contributed by atoms with Crippen molar-refractivity contribution in [1.29, 1.82) is 0 Å². The molecule has 2 aromatic rings. The Morgan fingerprint density at radius 2 is 2.00 bits per heavy atom. The fourth-order valence-electron chi connectivity index (χ4n) is 1.27. The highest BCUT2D eigenvalue weighted by atomic mass is 79.9. The zero-order chi connectivity index (χ0) is 9.97. The van der Waals surface area contributed by atoms with E-state index < -0.39 is 0 Å². The largest absolute Gasteiger partial charge is 0.390 e. The topological polar surface area (TPSA) is 38.1 Å². The summed E-state index contributed by atoms with van der Waals surface area (Å²) in [6.07, 6.45) is 3.34. The lowest BCUT2D eigenvalue weighted by molar-refractivity contribution is 0.274. The van der Waals surface area contributed by atoms with Gasteiger partial charge in [-0.2, -0.15) is 0 Å². The molecule has 14 heavy (non-hydrogen) atoms. The maximum absolute atomic E-state index is 9.05. The molecular weight excluding hydrogens is 244 g/mol. The van der Waals surface area contributed by atoms with E-state index in [4.69, 9.17) is 5.11 Å². The summed E-state index contributed by atoms with van der Waals surface area (Å²) in [5.41, 5.74) is 1.78. The molecule has 0 radical (unpaired) electrons. The van der Waals surface area contributed by atoms with Gasteiger partial charge in [0.15, 0.2) is 0 Å². The van der Waals surface area contributed by atoms with Crippen LogP contribution >= 0.6 is 15.9 Å². The average Bonchev–Trinajstić information content (AvgIpc) is 2.67. The summed E-state index contributed by atoms with van der Waals surface area (Å²) in [6, 6.07) is 7.84. The molecule has 1 N–H and O–H groups in total. The minimum atomic E-state index is -0.00390. The zero-order valence-electron chi connectivity index (χ0n) is 7.39. The highest BCUT2D eigenvalue weighted by Crippen LogP contribution is 2.15. The Labute approximate surface area is 90.2 Å². The molecule has 0 fully saturated rings. The van der Waals surface area contributed by atoms with Gasteiger partial charge in [0.1, 0.15) is 0 Å². The monoisotopic (exact) mass is 252 g/mol. The Bertz CT molecular complexity index is 422. The summed E-state index contributed by atoms with van der Waals surface area (Å²) in [5, 5.41) is 9.05. The highest BCUT2D eigenvalue weighted by Gasteiger charge is 2.01. The molecule has 0 saturated heterocycles. The molecule has 3 nitrogen and oxygen atoms in total. The van der Waals surface area contributed by atoms with Crippen LogP contribution < -0.4 is 0 Å². The molecule has 72 valence electrons. The van der Waals surface area contributed by atoms with Gasteiger partial charge in [-0.15, -0.1) is 0 Å². The molecule has 2 rings (SSSR count). The summed E-state index contributed by atoms with van der Waals surface area (Å²) < 4.78 is 2.89. The number of nitrogens with zero attached hydrogens (tertiary/aromatic N) is 2. The molecule has 0 aliphatic heterocycles. The van der Waals surface area contributed by atoms with Crippen LogP contribution in [-0.2, 0) is 6.61 Å². The van der Waals surface area contributed by atoms with Gasteiger partial charge in [-0.1, -0.05) is 15.9 Å². The Kier molecular flexibility index (Phi) is 2.65. The van der Waals surface area contributed by atoms with Crippen molar-refractivity contribution >= 4 is 15.9 Å². The Hall–Kier alpha value is -1.13. The first-order valence-corrected chi connectivity index (χ1v) is 4.98. The van der Waals surface area contributed by atoms with E-state index in [1.165, 1.54) is 0 Å². The van der Waals surface area contributed by atoms with Gasteiger partial charge >= 0.3 is 0 Å². The van der Waals surface area contributed by atoms with Crippen LogP contribution in [0.25, 0.3) is 5.69 Å². The van der Waals surface area contributed by atoms with E-state index >= 15 is 0 Å². The second kappa shape index (κ2) is 3.94. The molecule has 0 unspecified atom stereocenters. The molecule has 1 aromatic carbocycles. The first-order valence-electron chi connectivity index (χ1n) is 4.19. The average molecular weight is 253 g/mol. The Morgan fingerprint density at radius 1 is 1.29 bits per heavy atom. The standard InChI is InChI=1S/C10H9BrN2O/c11-8-1-3-9(4-2-8)13-7-12-5-10(13)6-14/h1-5,7,14H,6H2. The number of aliphatic hydroxyl groups excluding tert-OH is 1. The van der Waals surface area contributed by atoms with Gasteiger partial charge in [0.05, 0.1) is 24.8 Å². The minimum Gasteiger partial charge on any atom is -0.390 e. The molecule has 0 bridgehead atoms. The first-order chi connectivity index (χ1) is 6.81. The summed E-state index contributed by atoms with van der Waals surface area (Å²) >= 11 is 3.37. The summed E-state index contributed by atoms with van der Waals surface area (Å²) in [6.45, 7) is -0.00390. The number of rotatable bonds is 2. The summed E-state index contributed by atoms with van der Waals surface area (Å²) in [7, 11) is 0. The van der Waals surface area contributed by atoms with E-state index in [0.717, 1.165) is 15.9 Å². The van der Waals surface area contributed by atoms with Crippen LogP contribution in [-0.4, -0.2) is 14.7 Å². The molecule has 1 heterocycles. The maximum atomic E-state index is 9.05. The number of halogens is 1. The number of hydrogen-bond donors (Lipinski definition) is 1. The molecule has 0 aliphatic rings. The molecule has 0 spiro atoms. The zero-order valence-corrected chi connectivity index (χ0v) is 8.98. The van der Waals surface area contributed by atoms with Gasteiger partial charge in [-0.05, 0) is 24.3 Å². The molecule has 4 heteroatoms. The predicted octanol–water partition coefficient (Wildman–Crippen LogP) is 2.13. The molecule has 0 saturated carbocycles. The fraction of sp³-hybridized carbons (Fsp3) is 0.100. The van der Waals surface area contributed by atoms with E-state index in [1.54, 1.807) is 12.5 Å². The number of aliphatic hydroxyl groups is 1. The molecule has 0 atom stereocenters. The summed E-state index contributed by atoms with van der Waals surface area (Å²) in [4.78, 5) is 3.98. The third-order valence-corrected chi connectivity index (χ3v) is 2.51. The van der Waals surface area contributed by atoms with Gasteiger partial charge in [-0.25, -0.2) is 4.98 Å². The van der Waals surface area contributed by atoms with Gasteiger partial charge in [0.2, 0.25) is 0 Å². The van der Waals surface area contributed by atoms with Crippen LogP contribution in [0.5, 0.6) is 0 Å². The molecule has 0 aliphatic carbocycles. The van der Waals surface area contributed by atoms with Gasteiger partial charge in [0.25, 0.3) is 0 Å². The van der Waals surface area contributed by atoms with E-state index in [-0.39, 0.29) is 6.61 Å². The normalized spacial score (nSPS) is 10.4. The van der Waals surface area contributed by atoms with Crippen LogP contribution in [0.3, 0.4) is 0 Å². The molecular formula is C10H9BrN2O. The third-order valence-electron chi connectivity index (χ3n) is 1.98. The van der Waals surface area contributed by atoms with Crippen LogP contribution in [0.1, 0.15) is 5.69 Å². The first kappa shape index (κ1) is 9.43. The minimum absolute atomic E-state index is 0.00390. The lowest BCUT2D eigenvalue weighted by atomic mass is 10.3. The van der Waals surface area contributed by atoms with Crippen LogP contribution in [0, 0.1) is 0 Å². The van der Waals surface area contributed by atoms with Gasteiger partial charge in [-0.3, -0.25) is 0 Å². The third kappa shape index (κ3) is 1.71. The van der Waals surface area contributed by atoms with Crippen molar-refractivity contribution in [3.05, 3.63) is 47.0 Å². The highest BCUT2D eigenvalue weighted by molar-refractivity contribution is 9.10. The number of aromatic nitrogens is 2. The van der Waals surface area contributed by atoms with Crippen LogP contribution in [0.4, 0.5) is 0 Å². The van der Waals surface area contributed by atoms with Crippen molar-refractivity contribution < 1.29 is 5.11 Å². The SMILES string of the molecule is OCc1cncn1-c1ccc(Br)cc1. The summed E-state index contributed by atoms with van der Waals surface area (Å²) in [5.74, 6) is 0. The van der Waals surface area contributed by atoms with Crippen molar-refractivity contribution in [3.8, 4) is 5.69 Å². The Balaban J connectivity index is 2.44. The second-order valence-corrected chi connectivity index (χ2v) is 3.81. The fourth-order valence-corrected chi connectivity index (χ4v) is 1.54. The van der Waals surface area contributed by atoms with Crippen molar-refractivity contribution in [1.82, 2.24) is 9.55 Å². The van der Waals surface area contributed by atoms with Crippen molar-refractivity contribution in [2.45, 2.75) is 6.61 Å². The van der Waals surface area contributed by atoms with Crippen molar-refractivity contribution in [3.63, 3.8) is 0 Å². The quantitative estimate of drug-likeness (QED) is 0.890. The number of benzene rings is 1. The predicted molar refractivity (Wildman–Crippen MR) is 57.2 cm³/mol. The van der Waals surface area contributed by atoms with E-state index in [2.05, 4.69) is 20.9 Å². The van der Waals surface area contributed by atoms with Gasteiger partial charge in [0, 0.05) is 10.2 Å². The van der Waals surface area contributed by atoms with E-state index in [9.17, 15) is 0 Å². The van der Waals surface area contributed by atoms with E-state index in [1.807, 2.05) is 28.8 Å². The van der Waals surface area contributed by atoms with Crippen LogP contribution in [0.2, 0.25) is 0 Å². The van der Waals surface area contributed by atoms with Crippen molar-refractivity contribution in [2.24, 2.45) is 0 Å². The second-order valence-electron chi connectivity index (χ2n) is 2.89. The lowest BCUT2D eigenvalue weighted by Crippen LogP contribution is -1.97. The van der Waals surface area contributed by atoms with Crippen LogP contribution in [0.15, 0.2) is 41.3 Å². The van der Waals surface area contributed by atoms with Gasteiger partial charge < -0.3 is 9.67 Å². The van der Waals surface area contributed by atoms with Crippen molar-refractivity contribution in [2.75, 3.05) is 0 Å².